The minimum absolute atomic E-state index is 0.206. The fourth-order valence-electron chi connectivity index (χ4n) is 6.53. The van der Waals surface area contributed by atoms with E-state index in [4.69, 9.17) is 11.6 Å². The Morgan fingerprint density at radius 1 is 0.439 bits per heavy atom. The number of ether oxygens (including phenoxy) is 1. The van der Waals surface area contributed by atoms with Crippen LogP contribution >= 0.6 is 0 Å². The first-order valence-electron chi connectivity index (χ1n) is 16.2. The molecule has 0 aromatic heterocycles. The van der Waals surface area contributed by atoms with Crippen molar-refractivity contribution in [1.82, 2.24) is 0 Å². The van der Waals surface area contributed by atoms with Crippen molar-refractivity contribution >= 4 is 43.1 Å². The first kappa shape index (κ1) is 18.0. The van der Waals surface area contributed by atoms with E-state index < -0.39 is 6.04 Å². The topological polar surface area (TPSA) is 9.23 Å². The smallest absolute Gasteiger partial charge is 0.135 e. The van der Waals surface area contributed by atoms with Crippen molar-refractivity contribution in [3.8, 4) is 44.9 Å². The Morgan fingerprint density at radius 3 is 2.02 bits per heavy atom. The van der Waals surface area contributed by atoms with Crippen LogP contribution in [-0.4, -0.2) is 0 Å². The Hall–Kier alpha value is -5.40. The van der Waals surface area contributed by atoms with Gasteiger partial charge >= 0.3 is 0 Å². The highest BCUT2D eigenvalue weighted by atomic mass is 16.5. The van der Waals surface area contributed by atoms with Crippen LogP contribution in [0.2, 0.25) is 0 Å². The molecule has 0 unspecified atom stereocenters. The van der Waals surface area contributed by atoms with Gasteiger partial charge in [-0.25, -0.2) is 0 Å². The molecular formula is C40H24O. The van der Waals surface area contributed by atoms with Gasteiger partial charge in [-0.1, -0.05) is 115 Å². The summed E-state index contributed by atoms with van der Waals surface area (Å²) >= 11 is 0. The molecule has 0 aliphatic carbocycles. The molecule has 0 spiro atoms. The van der Waals surface area contributed by atoms with Crippen LogP contribution in [0.15, 0.2) is 145 Å². The maximum Gasteiger partial charge on any atom is 0.135 e. The van der Waals surface area contributed by atoms with E-state index in [1.807, 2.05) is 60.7 Å². The van der Waals surface area contributed by atoms with Crippen molar-refractivity contribution < 1.29 is 11.6 Å². The van der Waals surface area contributed by atoms with Gasteiger partial charge in [-0.05, 0) is 95.9 Å². The van der Waals surface area contributed by atoms with Crippen LogP contribution in [0.25, 0.3) is 76.5 Å². The molecule has 9 rings (SSSR count). The number of rotatable bonds is 2. The molecular weight excluding hydrogens is 496 g/mol. The van der Waals surface area contributed by atoms with Gasteiger partial charge in [0.25, 0.3) is 0 Å². The largest absolute Gasteiger partial charge is 0.456 e. The van der Waals surface area contributed by atoms with E-state index in [2.05, 4.69) is 54.6 Å². The van der Waals surface area contributed by atoms with Gasteiger partial charge in [0.15, 0.2) is 0 Å². The standard InChI is InChI=1S/C40H24O/c1-2-10-26(11-3-1)39-30-16-6-4-13-28(30)24-35-33(22-27-12-5-7-17-31(27)40(35)39)29-20-21-36-34(23-29)32-18-8-14-25-15-9-19-37(41-36)38(25)32/h1-24H/i1D,2D,3D,10D,11D. The predicted octanol–water partition coefficient (Wildman–Crippen LogP) is 11.4. The summed E-state index contributed by atoms with van der Waals surface area (Å²) in [6.07, 6.45) is 0. The van der Waals surface area contributed by atoms with Gasteiger partial charge in [0.1, 0.15) is 11.5 Å². The Labute approximate surface area is 244 Å². The van der Waals surface area contributed by atoms with E-state index in [0.717, 1.165) is 76.8 Å². The van der Waals surface area contributed by atoms with Crippen molar-refractivity contribution in [1.29, 1.82) is 0 Å². The molecule has 1 aliphatic heterocycles. The maximum atomic E-state index is 8.98. The lowest BCUT2D eigenvalue weighted by Crippen LogP contribution is -1.97. The minimum Gasteiger partial charge on any atom is -0.456 e. The van der Waals surface area contributed by atoms with Crippen LogP contribution in [0.4, 0.5) is 0 Å². The molecule has 0 saturated carbocycles. The Bertz CT molecular complexity index is 2590. The molecule has 0 radical (unpaired) electrons. The van der Waals surface area contributed by atoms with Crippen molar-refractivity contribution in [2.45, 2.75) is 0 Å². The Morgan fingerprint density at radius 2 is 1.17 bits per heavy atom. The zero-order valence-electron chi connectivity index (χ0n) is 26.9. The molecule has 1 heterocycles. The molecule has 0 atom stereocenters. The van der Waals surface area contributed by atoms with Crippen molar-refractivity contribution in [3.63, 3.8) is 0 Å². The maximum absolute atomic E-state index is 8.98. The van der Waals surface area contributed by atoms with Gasteiger partial charge in [-0.3, -0.25) is 0 Å². The summed E-state index contributed by atoms with van der Waals surface area (Å²) in [6.45, 7) is 0. The molecule has 0 N–H and O–H groups in total. The predicted molar refractivity (Wildman–Crippen MR) is 173 cm³/mol. The molecule has 0 amide bonds. The van der Waals surface area contributed by atoms with Crippen LogP contribution in [0.1, 0.15) is 6.85 Å². The second kappa shape index (κ2) is 8.55. The van der Waals surface area contributed by atoms with E-state index in [9.17, 15) is 0 Å². The summed E-state index contributed by atoms with van der Waals surface area (Å²) in [5.41, 5.74) is 4.96. The highest BCUT2D eigenvalue weighted by Crippen LogP contribution is 2.49. The van der Waals surface area contributed by atoms with Gasteiger partial charge < -0.3 is 4.74 Å². The van der Waals surface area contributed by atoms with E-state index >= 15 is 0 Å². The van der Waals surface area contributed by atoms with Gasteiger partial charge in [-0.15, -0.1) is 0 Å². The van der Waals surface area contributed by atoms with E-state index in [-0.39, 0.29) is 29.7 Å². The van der Waals surface area contributed by atoms with Crippen molar-refractivity contribution in [2.24, 2.45) is 0 Å². The molecule has 1 heteroatoms. The first-order chi connectivity index (χ1) is 22.4. The second-order valence-corrected chi connectivity index (χ2v) is 10.5. The molecule has 8 aromatic rings. The molecule has 0 bridgehead atoms. The van der Waals surface area contributed by atoms with Crippen molar-refractivity contribution in [2.75, 3.05) is 0 Å². The minimum atomic E-state index is -0.401. The lowest BCUT2D eigenvalue weighted by Gasteiger charge is -2.22. The van der Waals surface area contributed by atoms with Crippen LogP contribution in [0, 0.1) is 0 Å². The van der Waals surface area contributed by atoms with Crippen LogP contribution in [-0.2, 0) is 0 Å². The summed E-state index contributed by atoms with van der Waals surface area (Å²) < 4.78 is 49.6. The molecule has 1 aliphatic rings. The zero-order valence-corrected chi connectivity index (χ0v) is 21.9. The van der Waals surface area contributed by atoms with E-state index in [0.29, 0.717) is 5.56 Å². The van der Waals surface area contributed by atoms with Crippen LogP contribution in [0.3, 0.4) is 0 Å². The summed E-state index contributed by atoms with van der Waals surface area (Å²) in [5.74, 6) is 1.64. The SMILES string of the molecule is [2H]c1c([2H])c([2H])c(-c2c3ccccc3cc3c(-c4ccc5c(c4)-c4cccc6cccc(c46)O5)cc4ccccc4c23)c([2H])c1[2H]. The summed E-state index contributed by atoms with van der Waals surface area (Å²) in [5, 5.41) is 7.71. The summed E-state index contributed by atoms with van der Waals surface area (Å²) in [6, 6.07) is 37.6. The monoisotopic (exact) mass is 525 g/mol. The Balaban J connectivity index is 1.43. The van der Waals surface area contributed by atoms with Gasteiger partial charge in [0.2, 0.25) is 0 Å². The number of fused-ring (bicyclic) bond motifs is 6. The van der Waals surface area contributed by atoms with Gasteiger partial charge in [-0.2, -0.15) is 0 Å². The van der Waals surface area contributed by atoms with Crippen LogP contribution < -0.4 is 4.74 Å². The van der Waals surface area contributed by atoms with Gasteiger partial charge in [0.05, 0.1) is 6.85 Å². The molecule has 1 nitrogen and oxygen atoms in total. The van der Waals surface area contributed by atoms with Crippen molar-refractivity contribution in [3.05, 3.63) is 145 Å². The molecule has 41 heavy (non-hydrogen) atoms. The fourth-order valence-corrected chi connectivity index (χ4v) is 6.53. The molecule has 190 valence electrons. The fraction of sp³-hybridized carbons (Fsp3) is 0. The highest BCUT2D eigenvalue weighted by Gasteiger charge is 2.22. The summed E-state index contributed by atoms with van der Waals surface area (Å²) in [7, 11) is 0. The normalized spacial score (nSPS) is 13.8. The third-order valence-corrected chi connectivity index (χ3v) is 8.29. The lowest BCUT2D eigenvalue weighted by molar-refractivity contribution is 0.487. The van der Waals surface area contributed by atoms with Gasteiger partial charge in [0, 0.05) is 10.9 Å². The molecule has 0 fully saturated rings. The number of hydrogen-bond acceptors (Lipinski definition) is 1. The Kier molecular flexibility index (Phi) is 3.76. The number of hydrogen-bond donors (Lipinski definition) is 0. The number of benzene rings is 8. The average Bonchev–Trinajstić information content (AvgIpc) is 3.09. The highest BCUT2D eigenvalue weighted by molar-refractivity contribution is 6.25. The van der Waals surface area contributed by atoms with Crippen LogP contribution in [0.5, 0.6) is 11.5 Å². The second-order valence-electron chi connectivity index (χ2n) is 10.5. The van der Waals surface area contributed by atoms with E-state index in [1.165, 1.54) is 0 Å². The van der Waals surface area contributed by atoms with E-state index in [1.54, 1.807) is 0 Å². The first-order valence-corrected chi connectivity index (χ1v) is 13.7. The molecule has 0 saturated heterocycles. The quantitative estimate of drug-likeness (QED) is 0.161. The average molecular weight is 526 g/mol. The third kappa shape index (κ3) is 3.30. The molecule has 8 aromatic carbocycles. The zero-order chi connectivity index (χ0) is 31.3. The third-order valence-electron chi connectivity index (χ3n) is 8.29. The lowest BCUT2D eigenvalue weighted by atomic mass is 9.85. The summed E-state index contributed by atoms with van der Waals surface area (Å²) in [4.78, 5) is 0.